The van der Waals surface area contributed by atoms with E-state index in [2.05, 4.69) is 5.43 Å². The molecule has 6 rings (SSSR count). The number of rotatable bonds is 4. The first-order chi connectivity index (χ1) is 17.6. The van der Waals surface area contributed by atoms with Crippen molar-refractivity contribution < 1.29 is 0 Å². The molecule has 4 aromatic carbocycles. The molecule has 6 aromatic rings. The highest BCUT2D eigenvalue weighted by Crippen LogP contribution is 2.24. The van der Waals surface area contributed by atoms with Crippen LogP contribution in [-0.2, 0) is 0 Å². The largest absolute Gasteiger partial charge is 0.280 e. The lowest BCUT2D eigenvalue weighted by Crippen LogP contribution is -2.33. The summed E-state index contributed by atoms with van der Waals surface area (Å²) in [5, 5.41) is 1.22. The van der Waals surface area contributed by atoms with Crippen LogP contribution in [0.25, 0.3) is 38.9 Å². The molecule has 0 bridgehead atoms. The van der Waals surface area contributed by atoms with Crippen LogP contribution in [-0.4, -0.2) is 19.2 Å². The Morgan fingerprint density at radius 1 is 0.639 bits per heavy atom. The molecule has 0 radical (unpaired) electrons. The van der Waals surface area contributed by atoms with Gasteiger partial charge in [-0.1, -0.05) is 78.3 Å². The summed E-state index contributed by atoms with van der Waals surface area (Å²) in [7, 11) is 0. The normalized spacial score (nSPS) is 11.1. The summed E-state index contributed by atoms with van der Waals surface area (Å²) in [6, 6.07) is 30.5. The monoisotopic (exact) mass is 491 g/mol. The minimum atomic E-state index is -0.326. The zero-order valence-electron chi connectivity index (χ0n) is 18.8. The van der Waals surface area contributed by atoms with Gasteiger partial charge in [-0.2, -0.15) is 4.68 Å². The fourth-order valence-electron chi connectivity index (χ4n) is 4.18. The highest BCUT2D eigenvalue weighted by atomic mass is 35.5. The van der Waals surface area contributed by atoms with Gasteiger partial charge in [-0.15, -0.1) is 0 Å². The first-order valence-electron chi connectivity index (χ1n) is 11.2. The number of hydrogen-bond acceptors (Lipinski definition) is 5. The average Bonchev–Trinajstić information content (AvgIpc) is 2.91. The Morgan fingerprint density at radius 3 is 1.94 bits per heavy atom. The van der Waals surface area contributed by atoms with E-state index in [0.717, 1.165) is 5.56 Å². The van der Waals surface area contributed by atoms with Gasteiger partial charge < -0.3 is 0 Å². The van der Waals surface area contributed by atoms with E-state index in [1.165, 1.54) is 9.24 Å². The first kappa shape index (κ1) is 21.8. The molecule has 0 aliphatic carbocycles. The Bertz CT molecular complexity index is 1880. The van der Waals surface area contributed by atoms with Gasteiger partial charge in [0.1, 0.15) is 0 Å². The fraction of sp³-hybridized carbons (Fsp3) is 0. The molecule has 8 heteroatoms. The van der Waals surface area contributed by atoms with Crippen LogP contribution in [0.4, 0.5) is 5.95 Å². The van der Waals surface area contributed by atoms with Crippen molar-refractivity contribution in [3.8, 4) is 17.1 Å². The van der Waals surface area contributed by atoms with Crippen molar-refractivity contribution in [1.82, 2.24) is 19.2 Å². The summed E-state index contributed by atoms with van der Waals surface area (Å²) in [5.74, 6) is 0.510. The number of nitrogens with one attached hydrogen (secondary N) is 1. The molecule has 0 saturated heterocycles. The van der Waals surface area contributed by atoms with Gasteiger partial charge in [-0.05, 0) is 36.4 Å². The summed E-state index contributed by atoms with van der Waals surface area (Å²) in [4.78, 5) is 36.9. The van der Waals surface area contributed by atoms with Crippen LogP contribution in [0.2, 0.25) is 5.02 Å². The quantitative estimate of drug-likeness (QED) is 0.362. The molecule has 0 fully saturated rings. The van der Waals surface area contributed by atoms with Gasteiger partial charge in [0.25, 0.3) is 11.1 Å². The van der Waals surface area contributed by atoms with E-state index in [1.807, 2.05) is 36.4 Å². The number of nitrogens with zero attached hydrogens (tertiary/aromatic N) is 4. The SMILES string of the molecule is O=c1c2ccccc2nc(-c2ccccc2)n1Nc1nc2ccccc2c(=O)n1-c1ccccc1Cl. The number of para-hydroxylation sites is 3. The maximum Gasteiger partial charge on any atom is 0.280 e. The van der Waals surface area contributed by atoms with E-state index < -0.39 is 0 Å². The third kappa shape index (κ3) is 3.62. The Balaban J connectivity index is 1.67. The van der Waals surface area contributed by atoms with E-state index in [9.17, 15) is 9.59 Å². The summed E-state index contributed by atoms with van der Waals surface area (Å²) >= 11 is 6.50. The molecule has 1 N–H and O–H groups in total. The van der Waals surface area contributed by atoms with Gasteiger partial charge in [0.05, 0.1) is 32.5 Å². The van der Waals surface area contributed by atoms with Crippen LogP contribution < -0.4 is 16.5 Å². The lowest BCUT2D eigenvalue weighted by molar-refractivity contribution is 0.837. The molecular formula is C28H18ClN5O2. The zero-order valence-corrected chi connectivity index (χ0v) is 19.6. The molecule has 174 valence electrons. The van der Waals surface area contributed by atoms with Crippen molar-refractivity contribution in [3.63, 3.8) is 0 Å². The molecule has 0 spiro atoms. The highest BCUT2D eigenvalue weighted by Gasteiger charge is 2.19. The second kappa shape index (κ2) is 8.79. The van der Waals surface area contributed by atoms with Gasteiger partial charge in [-0.25, -0.2) is 14.5 Å². The molecule has 0 aliphatic rings. The van der Waals surface area contributed by atoms with Gasteiger partial charge in [0.15, 0.2) is 5.82 Å². The number of fused-ring (bicyclic) bond motifs is 2. The molecule has 0 atom stereocenters. The van der Waals surface area contributed by atoms with Crippen molar-refractivity contribution in [2.24, 2.45) is 0 Å². The van der Waals surface area contributed by atoms with Gasteiger partial charge >= 0.3 is 0 Å². The summed E-state index contributed by atoms with van der Waals surface area (Å²) in [6.07, 6.45) is 0. The summed E-state index contributed by atoms with van der Waals surface area (Å²) in [5.41, 5.74) is 4.65. The van der Waals surface area contributed by atoms with Crippen LogP contribution in [0.3, 0.4) is 0 Å². The number of anilines is 1. The van der Waals surface area contributed by atoms with E-state index >= 15 is 0 Å². The molecule has 2 aromatic heterocycles. The Labute approximate surface area is 209 Å². The maximum atomic E-state index is 13.7. The molecule has 0 aliphatic heterocycles. The first-order valence-corrected chi connectivity index (χ1v) is 11.6. The molecular weight excluding hydrogens is 474 g/mol. The number of benzene rings is 4. The minimum Gasteiger partial charge on any atom is -0.268 e. The van der Waals surface area contributed by atoms with Crippen molar-refractivity contribution in [1.29, 1.82) is 0 Å². The Hall–Kier alpha value is -4.75. The zero-order chi connectivity index (χ0) is 24.6. The second-order valence-corrected chi connectivity index (χ2v) is 8.52. The predicted molar refractivity (Wildman–Crippen MR) is 143 cm³/mol. The van der Waals surface area contributed by atoms with Gasteiger partial charge in [0.2, 0.25) is 5.95 Å². The average molecular weight is 492 g/mol. The topological polar surface area (TPSA) is 81.8 Å². The Kier molecular flexibility index (Phi) is 5.32. The summed E-state index contributed by atoms with van der Waals surface area (Å²) in [6.45, 7) is 0. The smallest absolute Gasteiger partial charge is 0.268 e. The molecule has 2 heterocycles. The second-order valence-electron chi connectivity index (χ2n) is 8.12. The van der Waals surface area contributed by atoms with Gasteiger partial charge in [0, 0.05) is 5.56 Å². The van der Waals surface area contributed by atoms with Crippen LogP contribution >= 0.6 is 11.6 Å². The van der Waals surface area contributed by atoms with Crippen LogP contribution in [0.1, 0.15) is 0 Å². The Morgan fingerprint density at radius 2 is 1.22 bits per heavy atom. The van der Waals surface area contributed by atoms with Crippen molar-refractivity contribution >= 4 is 39.4 Å². The fourth-order valence-corrected chi connectivity index (χ4v) is 4.40. The third-order valence-corrected chi connectivity index (χ3v) is 6.21. The van der Waals surface area contributed by atoms with Crippen molar-refractivity contribution in [3.05, 3.63) is 129 Å². The van der Waals surface area contributed by atoms with Crippen molar-refractivity contribution in [2.45, 2.75) is 0 Å². The minimum absolute atomic E-state index is 0.128. The molecule has 36 heavy (non-hydrogen) atoms. The van der Waals surface area contributed by atoms with E-state index in [-0.39, 0.29) is 17.1 Å². The summed E-state index contributed by atoms with van der Waals surface area (Å²) < 4.78 is 2.70. The van der Waals surface area contributed by atoms with E-state index in [0.29, 0.717) is 38.3 Å². The van der Waals surface area contributed by atoms with Crippen molar-refractivity contribution in [2.75, 3.05) is 5.43 Å². The van der Waals surface area contributed by atoms with Gasteiger partial charge in [-0.3, -0.25) is 15.0 Å². The third-order valence-electron chi connectivity index (χ3n) is 5.89. The molecule has 0 unspecified atom stereocenters. The number of halogens is 1. The highest BCUT2D eigenvalue weighted by molar-refractivity contribution is 6.32. The lowest BCUT2D eigenvalue weighted by Gasteiger charge is -2.19. The number of hydrogen-bond donors (Lipinski definition) is 1. The van der Waals surface area contributed by atoms with E-state index in [1.54, 1.807) is 66.7 Å². The molecule has 7 nitrogen and oxygen atoms in total. The standard InChI is InChI=1S/C28H18ClN5O2/c29-21-14-6-9-17-24(21)33-26(35)19-12-4-8-16-23(19)31-28(33)32-34-25(18-10-2-1-3-11-18)30-22-15-7-5-13-20(22)27(34)36/h1-17H,(H,31,32). The van der Waals surface area contributed by atoms with Crippen LogP contribution in [0.15, 0.2) is 113 Å². The molecule has 0 amide bonds. The maximum absolute atomic E-state index is 13.7. The van der Waals surface area contributed by atoms with E-state index in [4.69, 9.17) is 21.6 Å². The van der Waals surface area contributed by atoms with Crippen LogP contribution in [0.5, 0.6) is 0 Å². The number of aromatic nitrogens is 4. The lowest BCUT2D eigenvalue weighted by atomic mass is 10.2. The predicted octanol–water partition coefficient (Wildman–Crippen LogP) is 5.29. The van der Waals surface area contributed by atoms with Crippen LogP contribution in [0, 0.1) is 0 Å². The molecule has 0 saturated carbocycles.